The molecule has 0 atom stereocenters. The number of thiophene rings is 1. The number of hydrogen-bond acceptors (Lipinski definition) is 4. The molecule has 5 heteroatoms. The Hall–Kier alpha value is -2.32. The molecule has 1 aromatic heterocycles. The second kappa shape index (κ2) is 6.42. The van der Waals surface area contributed by atoms with Crippen LogP contribution in [0.2, 0.25) is 0 Å². The fraction of sp³-hybridized carbons (Fsp3) is 0.250. The first-order valence-corrected chi connectivity index (χ1v) is 7.32. The molecule has 0 aliphatic heterocycles. The first-order valence-electron chi connectivity index (χ1n) is 6.50. The molecular formula is C16H15NO3S. The van der Waals surface area contributed by atoms with E-state index < -0.39 is 5.97 Å². The zero-order valence-electron chi connectivity index (χ0n) is 11.8. The van der Waals surface area contributed by atoms with Crippen molar-refractivity contribution in [2.45, 2.75) is 26.4 Å². The molecule has 0 saturated heterocycles. The Morgan fingerprint density at radius 1 is 1.43 bits per heavy atom. The van der Waals surface area contributed by atoms with Crippen LogP contribution in [0.1, 0.15) is 45.4 Å². The first-order chi connectivity index (χ1) is 10.0. The summed E-state index contributed by atoms with van der Waals surface area (Å²) in [6.07, 6.45) is 0. The lowest BCUT2D eigenvalue weighted by atomic mass is 10.1. The summed E-state index contributed by atoms with van der Waals surface area (Å²) in [6, 6.07) is 11.0. The maximum atomic E-state index is 11.3. The van der Waals surface area contributed by atoms with Crippen LogP contribution in [0.15, 0.2) is 30.3 Å². The monoisotopic (exact) mass is 301 g/mol. The van der Waals surface area contributed by atoms with Crippen LogP contribution < -0.4 is 4.74 Å². The summed E-state index contributed by atoms with van der Waals surface area (Å²) < 4.78 is 5.64. The average molecular weight is 301 g/mol. The van der Waals surface area contributed by atoms with Crippen molar-refractivity contribution in [2.24, 2.45) is 0 Å². The quantitative estimate of drug-likeness (QED) is 0.905. The van der Waals surface area contributed by atoms with Gasteiger partial charge in [-0.15, -0.1) is 11.3 Å². The van der Waals surface area contributed by atoms with Gasteiger partial charge in [-0.2, -0.15) is 5.26 Å². The number of benzene rings is 1. The van der Waals surface area contributed by atoms with Crippen LogP contribution in [-0.4, -0.2) is 11.1 Å². The lowest BCUT2D eigenvalue weighted by molar-refractivity contribution is 0.0697. The van der Waals surface area contributed by atoms with Gasteiger partial charge in [0, 0.05) is 10.4 Å². The summed E-state index contributed by atoms with van der Waals surface area (Å²) in [5.41, 5.74) is 1.28. The molecule has 1 N–H and O–H groups in total. The van der Waals surface area contributed by atoms with Crippen LogP contribution in [0.3, 0.4) is 0 Å². The third kappa shape index (κ3) is 3.41. The lowest BCUT2D eigenvalue weighted by Gasteiger charge is -2.06. The predicted octanol–water partition coefficient (Wildman–Crippen LogP) is 4.02. The van der Waals surface area contributed by atoms with Crippen LogP contribution >= 0.6 is 11.3 Å². The van der Waals surface area contributed by atoms with Gasteiger partial charge in [0.1, 0.15) is 12.4 Å². The van der Waals surface area contributed by atoms with Crippen molar-refractivity contribution < 1.29 is 14.6 Å². The fourth-order valence-electron chi connectivity index (χ4n) is 1.84. The van der Waals surface area contributed by atoms with E-state index in [1.165, 1.54) is 11.3 Å². The van der Waals surface area contributed by atoms with Gasteiger partial charge in [-0.05, 0) is 18.1 Å². The molecule has 0 bridgehead atoms. The molecule has 0 aliphatic carbocycles. The number of nitriles is 1. The van der Waals surface area contributed by atoms with E-state index in [1.54, 1.807) is 24.3 Å². The van der Waals surface area contributed by atoms with Gasteiger partial charge in [-0.1, -0.05) is 32.0 Å². The van der Waals surface area contributed by atoms with E-state index in [9.17, 15) is 9.90 Å². The summed E-state index contributed by atoms with van der Waals surface area (Å²) in [5.74, 6) is -0.378. The molecule has 1 aromatic carbocycles. The van der Waals surface area contributed by atoms with Gasteiger partial charge in [0.15, 0.2) is 4.88 Å². The van der Waals surface area contributed by atoms with E-state index in [2.05, 4.69) is 6.07 Å². The summed E-state index contributed by atoms with van der Waals surface area (Å²) in [6.45, 7) is 4.19. The molecule has 21 heavy (non-hydrogen) atoms. The Morgan fingerprint density at radius 3 is 2.76 bits per heavy atom. The van der Waals surface area contributed by atoms with Gasteiger partial charge >= 0.3 is 5.97 Å². The van der Waals surface area contributed by atoms with Crippen molar-refractivity contribution in [3.63, 3.8) is 0 Å². The number of carbonyl (C=O) groups is 1. The molecule has 0 unspecified atom stereocenters. The normalized spacial score (nSPS) is 10.4. The highest BCUT2D eigenvalue weighted by Crippen LogP contribution is 2.34. The topological polar surface area (TPSA) is 70.3 Å². The SMILES string of the molecule is CC(C)c1cc(OCc2ccccc2C#N)c(C(=O)O)s1. The Kier molecular flexibility index (Phi) is 4.61. The minimum absolute atomic E-state index is 0.179. The second-order valence-electron chi connectivity index (χ2n) is 4.86. The fourth-order valence-corrected chi connectivity index (χ4v) is 2.79. The highest BCUT2D eigenvalue weighted by molar-refractivity contribution is 7.14. The Labute approximate surface area is 127 Å². The maximum absolute atomic E-state index is 11.3. The molecule has 0 spiro atoms. The molecule has 2 rings (SSSR count). The lowest BCUT2D eigenvalue weighted by Crippen LogP contribution is -2.01. The third-order valence-corrected chi connectivity index (χ3v) is 4.41. The van der Waals surface area contributed by atoms with Gasteiger partial charge in [0.2, 0.25) is 0 Å². The van der Waals surface area contributed by atoms with Crippen LogP contribution in [-0.2, 0) is 6.61 Å². The van der Waals surface area contributed by atoms with Crippen molar-refractivity contribution in [1.82, 2.24) is 0 Å². The highest BCUT2D eigenvalue weighted by Gasteiger charge is 2.18. The molecule has 0 fully saturated rings. The van der Waals surface area contributed by atoms with Gasteiger partial charge in [-0.3, -0.25) is 0 Å². The van der Waals surface area contributed by atoms with Gasteiger partial charge in [0.25, 0.3) is 0 Å². The zero-order valence-corrected chi connectivity index (χ0v) is 12.6. The number of carboxylic acids is 1. The average Bonchev–Trinajstić information content (AvgIpc) is 2.90. The van der Waals surface area contributed by atoms with Crippen LogP contribution in [0.25, 0.3) is 0 Å². The first kappa shape index (κ1) is 15.1. The van der Waals surface area contributed by atoms with Crippen molar-refractivity contribution >= 4 is 17.3 Å². The molecule has 0 amide bonds. The predicted molar refractivity (Wildman–Crippen MR) is 80.9 cm³/mol. The summed E-state index contributed by atoms with van der Waals surface area (Å²) in [4.78, 5) is 12.4. The van der Waals surface area contributed by atoms with Crippen molar-refractivity contribution in [3.8, 4) is 11.8 Å². The molecule has 0 aliphatic rings. The molecular weight excluding hydrogens is 286 g/mol. The van der Waals surface area contributed by atoms with E-state index in [0.717, 1.165) is 10.4 Å². The van der Waals surface area contributed by atoms with Gasteiger partial charge in [0.05, 0.1) is 11.6 Å². The van der Waals surface area contributed by atoms with Crippen LogP contribution in [0.5, 0.6) is 5.75 Å². The minimum Gasteiger partial charge on any atom is -0.487 e. The van der Waals surface area contributed by atoms with Crippen LogP contribution in [0, 0.1) is 11.3 Å². The standard InChI is InChI=1S/C16H15NO3S/c1-10(2)14-7-13(15(21-14)16(18)19)20-9-12-6-4-3-5-11(12)8-17/h3-7,10H,9H2,1-2H3,(H,18,19). The minimum atomic E-state index is -0.990. The maximum Gasteiger partial charge on any atom is 0.349 e. The number of hydrogen-bond donors (Lipinski definition) is 1. The largest absolute Gasteiger partial charge is 0.487 e. The van der Waals surface area contributed by atoms with Crippen LogP contribution in [0.4, 0.5) is 0 Å². The number of rotatable bonds is 5. The molecule has 4 nitrogen and oxygen atoms in total. The second-order valence-corrected chi connectivity index (χ2v) is 5.94. The smallest absolute Gasteiger partial charge is 0.349 e. The Balaban J connectivity index is 2.24. The summed E-state index contributed by atoms with van der Waals surface area (Å²) in [7, 11) is 0. The van der Waals surface area contributed by atoms with Crippen molar-refractivity contribution in [3.05, 3.63) is 51.2 Å². The Bertz CT molecular complexity index is 698. The van der Waals surface area contributed by atoms with E-state index in [1.807, 2.05) is 19.9 Å². The van der Waals surface area contributed by atoms with E-state index >= 15 is 0 Å². The van der Waals surface area contributed by atoms with E-state index in [0.29, 0.717) is 11.3 Å². The van der Waals surface area contributed by atoms with E-state index in [4.69, 9.17) is 10.00 Å². The zero-order chi connectivity index (χ0) is 15.4. The highest BCUT2D eigenvalue weighted by atomic mass is 32.1. The number of nitrogens with zero attached hydrogens (tertiary/aromatic N) is 1. The summed E-state index contributed by atoms with van der Waals surface area (Å²) in [5, 5.41) is 18.3. The molecule has 1 heterocycles. The van der Waals surface area contributed by atoms with Gasteiger partial charge < -0.3 is 9.84 Å². The van der Waals surface area contributed by atoms with Crippen molar-refractivity contribution in [1.29, 1.82) is 5.26 Å². The number of aromatic carboxylic acids is 1. The molecule has 108 valence electrons. The third-order valence-electron chi connectivity index (χ3n) is 3.00. The van der Waals surface area contributed by atoms with Crippen molar-refractivity contribution in [2.75, 3.05) is 0 Å². The number of ether oxygens (including phenoxy) is 1. The number of carboxylic acid groups (broad SMARTS) is 1. The van der Waals surface area contributed by atoms with Gasteiger partial charge in [-0.25, -0.2) is 4.79 Å². The van der Waals surface area contributed by atoms with E-state index in [-0.39, 0.29) is 17.4 Å². The Morgan fingerprint density at radius 2 is 2.14 bits per heavy atom. The summed E-state index contributed by atoms with van der Waals surface area (Å²) >= 11 is 1.23. The molecule has 0 saturated carbocycles. The molecule has 2 aromatic rings. The molecule has 0 radical (unpaired) electrons.